The molecule has 2 amide bonds. The van der Waals surface area contributed by atoms with Crippen molar-refractivity contribution in [3.8, 4) is 0 Å². The zero-order valence-electron chi connectivity index (χ0n) is 16.1. The Hall–Kier alpha value is -2.62. The zero-order valence-corrected chi connectivity index (χ0v) is 16.1. The van der Waals surface area contributed by atoms with Crippen LogP contribution in [-0.2, 0) is 21.4 Å². The highest BCUT2D eigenvalue weighted by Gasteiger charge is 2.44. The summed E-state index contributed by atoms with van der Waals surface area (Å²) in [4.78, 5) is 27.2. The largest absolute Gasteiger partial charge is 0.324 e. The van der Waals surface area contributed by atoms with Gasteiger partial charge in [-0.3, -0.25) is 9.59 Å². The van der Waals surface area contributed by atoms with Crippen molar-refractivity contribution >= 4 is 23.2 Å². The molecule has 0 saturated carbocycles. The van der Waals surface area contributed by atoms with Crippen LogP contribution in [0, 0.1) is 13.8 Å². The van der Waals surface area contributed by atoms with Gasteiger partial charge in [0.25, 0.3) is 0 Å². The molecule has 4 heteroatoms. The first-order valence-corrected chi connectivity index (χ1v) is 9.07. The van der Waals surface area contributed by atoms with E-state index in [4.69, 9.17) is 0 Å². The van der Waals surface area contributed by atoms with Gasteiger partial charge in [0.05, 0.1) is 5.41 Å². The number of benzene rings is 2. The standard InChI is InChI=1S/C22H26N2O2/c1-6-16-9-7-8-15(3)20(16)23-19(25)13-24-18-11-10-14(2)12-17(18)22(4,5)21(24)26/h7-12H,6,13H2,1-5H3,(H,23,25). The summed E-state index contributed by atoms with van der Waals surface area (Å²) >= 11 is 0. The molecule has 0 aromatic heterocycles. The Morgan fingerprint density at radius 3 is 2.58 bits per heavy atom. The Balaban J connectivity index is 1.86. The molecule has 0 fully saturated rings. The number of rotatable bonds is 4. The molecule has 1 N–H and O–H groups in total. The van der Waals surface area contributed by atoms with E-state index in [0.29, 0.717) is 0 Å². The highest BCUT2D eigenvalue weighted by molar-refractivity contribution is 6.11. The summed E-state index contributed by atoms with van der Waals surface area (Å²) < 4.78 is 0. The van der Waals surface area contributed by atoms with Crippen molar-refractivity contribution in [2.45, 2.75) is 46.5 Å². The Morgan fingerprint density at radius 2 is 1.88 bits per heavy atom. The number of nitrogens with zero attached hydrogens (tertiary/aromatic N) is 1. The fourth-order valence-corrected chi connectivity index (χ4v) is 3.63. The molecule has 1 aliphatic heterocycles. The normalized spacial score (nSPS) is 15.1. The predicted octanol–water partition coefficient (Wildman–Crippen LogP) is 4.13. The number of hydrogen-bond donors (Lipinski definition) is 1. The van der Waals surface area contributed by atoms with Crippen LogP contribution in [0.25, 0.3) is 0 Å². The van der Waals surface area contributed by atoms with Gasteiger partial charge in [-0.1, -0.05) is 42.8 Å². The fourth-order valence-electron chi connectivity index (χ4n) is 3.63. The Bertz CT molecular complexity index is 884. The fraction of sp³-hybridized carbons (Fsp3) is 0.364. The SMILES string of the molecule is CCc1cccc(C)c1NC(=O)CN1C(=O)C(C)(C)c2cc(C)ccc21. The van der Waals surface area contributed by atoms with Crippen LogP contribution < -0.4 is 10.2 Å². The minimum absolute atomic E-state index is 0.0236. The number of aryl methyl sites for hydroxylation is 3. The van der Waals surface area contributed by atoms with E-state index in [9.17, 15) is 9.59 Å². The van der Waals surface area contributed by atoms with Gasteiger partial charge in [-0.25, -0.2) is 0 Å². The van der Waals surface area contributed by atoms with Gasteiger partial charge < -0.3 is 10.2 Å². The van der Waals surface area contributed by atoms with Crippen molar-refractivity contribution in [3.05, 3.63) is 58.7 Å². The first kappa shape index (κ1) is 18.2. The lowest BCUT2D eigenvalue weighted by Crippen LogP contribution is -2.41. The molecule has 26 heavy (non-hydrogen) atoms. The van der Waals surface area contributed by atoms with Gasteiger partial charge in [-0.05, 0) is 56.9 Å². The molecule has 0 atom stereocenters. The van der Waals surface area contributed by atoms with E-state index in [1.807, 2.05) is 64.1 Å². The maximum Gasteiger partial charge on any atom is 0.244 e. The Morgan fingerprint density at radius 1 is 1.15 bits per heavy atom. The quantitative estimate of drug-likeness (QED) is 0.901. The van der Waals surface area contributed by atoms with E-state index in [-0.39, 0.29) is 18.4 Å². The summed E-state index contributed by atoms with van der Waals surface area (Å²) in [5.74, 6) is -0.208. The minimum Gasteiger partial charge on any atom is -0.324 e. The second-order valence-electron chi connectivity index (χ2n) is 7.55. The van der Waals surface area contributed by atoms with E-state index in [1.165, 1.54) is 0 Å². The molecule has 136 valence electrons. The van der Waals surface area contributed by atoms with Crippen LogP contribution in [-0.4, -0.2) is 18.4 Å². The van der Waals surface area contributed by atoms with Crippen molar-refractivity contribution in [3.63, 3.8) is 0 Å². The number of amides is 2. The van der Waals surface area contributed by atoms with Crippen LogP contribution in [0.1, 0.15) is 43.0 Å². The predicted molar refractivity (Wildman–Crippen MR) is 106 cm³/mol. The lowest BCUT2D eigenvalue weighted by Gasteiger charge is -2.21. The van der Waals surface area contributed by atoms with Gasteiger partial charge in [-0.2, -0.15) is 0 Å². The van der Waals surface area contributed by atoms with Crippen LogP contribution in [0.2, 0.25) is 0 Å². The molecule has 0 bridgehead atoms. The van der Waals surface area contributed by atoms with Crippen molar-refractivity contribution in [1.29, 1.82) is 0 Å². The van der Waals surface area contributed by atoms with Crippen LogP contribution in [0.5, 0.6) is 0 Å². The summed E-state index contributed by atoms with van der Waals surface area (Å²) in [5.41, 5.74) is 5.31. The number of carbonyl (C=O) groups is 2. The summed E-state index contributed by atoms with van der Waals surface area (Å²) in [6, 6.07) is 12.0. The molecule has 2 aromatic rings. The van der Waals surface area contributed by atoms with Crippen molar-refractivity contribution < 1.29 is 9.59 Å². The van der Waals surface area contributed by atoms with E-state index in [2.05, 4.69) is 12.2 Å². The van der Waals surface area contributed by atoms with Gasteiger partial charge in [0.1, 0.15) is 6.54 Å². The molecule has 4 nitrogen and oxygen atoms in total. The minimum atomic E-state index is -0.612. The molecular weight excluding hydrogens is 324 g/mol. The summed E-state index contributed by atoms with van der Waals surface area (Å²) in [7, 11) is 0. The first-order valence-electron chi connectivity index (χ1n) is 9.07. The summed E-state index contributed by atoms with van der Waals surface area (Å²) in [6.07, 6.45) is 0.842. The highest BCUT2D eigenvalue weighted by Crippen LogP contribution is 2.41. The molecule has 1 aliphatic rings. The van der Waals surface area contributed by atoms with Crippen molar-refractivity contribution in [2.75, 3.05) is 16.8 Å². The number of para-hydroxylation sites is 1. The number of carbonyl (C=O) groups excluding carboxylic acids is 2. The maximum atomic E-state index is 12.9. The monoisotopic (exact) mass is 350 g/mol. The molecule has 1 heterocycles. The molecule has 3 rings (SSSR count). The van der Waals surface area contributed by atoms with Crippen LogP contribution in [0.15, 0.2) is 36.4 Å². The van der Waals surface area contributed by atoms with Gasteiger partial charge in [-0.15, -0.1) is 0 Å². The summed E-state index contributed by atoms with van der Waals surface area (Å²) in [6.45, 7) is 9.92. The van der Waals surface area contributed by atoms with E-state index in [0.717, 1.165) is 40.0 Å². The number of anilines is 2. The lowest BCUT2D eigenvalue weighted by molar-refractivity contribution is -0.124. The van der Waals surface area contributed by atoms with Crippen LogP contribution in [0.3, 0.4) is 0 Å². The molecule has 2 aromatic carbocycles. The first-order chi connectivity index (χ1) is 12.3. The highest BCUT2D eigenvalue weighted by atomic mass is 16.2. The van der Waals surface area contributed by atoms with E-state index in [1.54, 1.807) is 4.90 Å². The molecule has 0 saturated heterocycles. The van der Waals surface area contributed by atoms with E-state index >= 15 is 0 Å². The number of hydrogen-bond acceptors (Lipinski definition) is 2. The van der Waals surface area contributed by atoms with Crippen molar-refractivity contribution in [1.82, 2.24) is 0 Å². The third-order valence-corrected chi connectivity index (χ3v) is 5.20. The van der Waals surface area contributed by atoms with Gasteiger partial charge in [0.15, 0.2) is 0 Å². The Labute approximate surface area is 155 Å². The number of nitrogens with one attached hydrogen (secondary N) is 1. The third-order valence-electron chi connectivity index (χ3n) is 5.20. The van der Waals surface area contributed by atoms with Crippen LogP contribution >= 0.6 is 0 Å². The van der Waals surface area contributed by atoms with Crippen LogP contribution in [0.4, 0.5) is 11.4 Å². The van der Waals surface area contributed by atoms with Crippen molar-refractivity contribution in [2.24, 2.45) is 0 Å². The van der Waals surface area contributed by atoms with Gasteiger partial charge in [0, 0.05) is 11.4 Å². The van der Waals surface area contributed by atoms with Gasteiger partial charge in [0.2, 0.25) is 11.8 Å². The summed E-state index contributed by atoms with van der Waals surface area (Å²) in [5, 5.41) is 3.01. The second-order valence-corrected chi connectivity index (χ2v) is 7.55. The Kier molecular flexibility index (Phi) is 4.61. The molecule has 0 unspecified atom stereocenters. The van der Waals surface area contributed by atoms with E-state index < -0.39 is 5.41 Å². The number of fused-ring (bicyclic) bond motifs is 1. The average molecular weight is 350 g/mol. The second kappa shape index (κ2) is 6.60. The smallest absolute Gasteiger partial charge is 0.244 e. The zero-order chi connectivity index (χ0) is 19.1. The molecule has 0 radical (unpaired) electrons. The maximum absolute atomic E-state index is 12.9. The molecule has 0 spiro atoms. The average Bonchev–Trinajstić information content (AvgIpc) is 2.77. The third kappa shape index (κ3) is 3.00. The molecule has 0 aliphatic carbocycles. The molecular formula is C22H26N2O2. The topological polar surface area (TPSA) is 49.4 Å². The van der Waals surface area contributed by atoms with Gasteiger partial charge >= 0.3 is 0 Å². The lowest BCUT2D eigenvalue weighted by atomic mass is 9.85.